The van der Waals surface area contributed by atoms with E-state index in [0.717, 1.165) is 12.8 Å². The van der Waals surface area contributed by atoms with Crippen molar-refractivity contribution >= 4 is 11.9 Å². The van der Waals surface area contributed by atoms with Crippen molar-refractivity contribution in [1.82, 2.24) is 4.90 Å². The second kappa shape index (κ2) is 6.54. The third-order valence-electron chi connectivity index (χ3n) is 4.61. The van der Waals surface area contributed by atoms with Crippen molar-refractivity contribution in [2.45, 2.75) is 44.6 Å². The maximum Gasteiger partial charge on any atom is 0.329 e. The number of carbonyl (C=O) groups is 2. The van der Waals surface area contributed by atoms with E-state index in [2.05, 4.69) is 0 Å². The maximum absolute atomic E-state index is 12.3. The molecule has 0 aromatic rings. The molecule has 0 aromatic carbocycles. The molecule has 2 fully saturated rings. The van der Waals surface area contributed by atoms with Gasteiger partial charge in [-0.15, -0.1) is 0 Å². The molecule has 0 bridgehead atoms. The van der Waals surface area contributed by atoms with Crippen molar-refractivity contribution in [3.63, 3.8) is 0 Å². The fourth-order valence-corrected chi connectivity index (χ4v) is 3.02. The molecule has 0 spiro atoms. The smallest absolute Gasteiger partial charge is 0.329 e. The van der Waals surface area contributed by atoms with Gasteiger partial charge in [-0.3, -0.25) is 4.79 Å². The molecule has 20 heavy (non-hydrogen) atoms. The zero-order chi connectivity index (χ0) is 14.6. The zero-order valence-electron chi connectivity index (χ0n) is 11.8. The fourth-order valence-electron chi connectivity index (χ4n) is 3.02. The Morgan fingerprint density at radius 3 is 2.40 bits per heavy atom. The van der Waals surface area contributed by atoms with E-state index in [0.29, 0.717) is 38.9 Å². The Kier molecular flexibility index (Phi) is 4.99. The zero-order valence-corrected chi connectivity index (χ0v) is 11.8. The number of hydrogen-bond acceptors (Lipinski definition) is 4. The van der Waals surface area contributed by atoms with Crippen LogP contribution in [0, 0.1) is 5.41 Å². The minimum absolute atomic E-state index is 0.0395. The molecular formula is C14H24N2O4. The van der Waals surface area contributed by atoms with Gasteiger partial charge in [0.15, 0.2) is 0 Å². The highest BCUT2D eigenvalue weighted by atomic mass is 16.5. The first-order chi connectivity index (χ1) is 9.54. The summed E-state index contributed by atoms with van der Waals surface area (Å²) in [7, 11) is 0. The number of piperidine rings is 1. The van der Waals surface area contributed by atoms with E-state index in [4.69, 9.17) is 15.6 Å². The molecule has 1 heterocycles. The van der Waals surface area contributed by atoms with Gasteiger partial charge in [0.25, 0.3) is 0 Å². The first kappa shape index (κ1) is 15.3. The minimum Gasteiger partial charge on any atom is -0.480 e. The molecule has 1 aliphatic heterocycles. The van der Waals surface area contributed by atoms with E-state index in [-0.39, 0.29) is 24.0 Å². The minimum atomic E-state index is -0.946. The summed E-state index contributed by atoms with van der Waals surface area (Å²) < 4.78 is 5.27. The molecule has 1 amide bonds. The molecule has 1 aliphatic carbocycles. The number of aliphatic carboxylic acids is 1. The average molecular weight is 284 g/mol. The van der Waals surface area contributed by atoms with E-state index < -0.39 is 5.97 Å². The van der Waals surface area contributed by atoms with Gasteiger partial charge in [-0.1, -0.05) is 6.42 Å². The lowest BCUT2D eigenvalue weighted by atomic mass is 9.66. The number of rotatable bonds is 6. The number of hydrogen-bond donors (Lipinski definition) is 2. The molecule has 114 valence electrons. The second-order valence-corrected chi connectivity index (χ2v) is 6.02. The Labute approximate surface area is 119 Å². The lowest BCUT2D eigenvalue weighted by Crippen LogP contribution is -2.46. The Balaban J connectivity index is 1.73. The van der Waals surface area contributed by atoms with Crippen molar-refractivity contribution in [1.29, 1.82) is 0 Å². The van der Waals surface area contributed by atoms with Gasteiger partial charge in [-0.05, 0) is 37.6 Å². The predicted molar refractivity (Wildman–Crippen MR) is 73.1 cm³/mol. The monoisotopic (exact) mass is 284 g/mol. The number of likely N-dealkylation sites (tertiary alicyclic amines) is 1. The van der Waals surface area contributed by atoms with Gasteiger partial charge in [0.2, 0.25) is 5.91 Å². The molecule has 0 radical (unpaired) electrons. The van der Waals surface area contributed by atoms with Crippen molar-refractivity contribution in [2.24, 2.45) is 11.1 Å². The Hall–Kier alpha value is -1.14. The van der Waals surface area contributed by atoms with Crippen LogP contribution in [0.25, 0.3) is 0 Å². The molecule has 6 heteroatoms. The van der Waals surface area contributed by atoms with Gasteiger partial charge >= 0.3 is 5.97 Å². The maximum atomic E-state index is 12.3. The van der Waals surface area contributed by atoms with Crippen molar-refractivity contribution in [2.75, 3.05) is 26.2 Å². The van der Waals surface area contributed by atoms with Crippen LogP contribution in [0.5, 0.6) is 0 Å². The summed E-state index contributed by atoms with van der Waals surface area (Å²) in [5.41, 5.74) is 5.84. The van der Waals surface area contributed by atoms with E-state index in [9.17, 15) is 9.59 Å². The topological polar surface area (TPSA) is 92.9 Å². The highest BCUT2D eigenvalue weighted by Crippen LogP contribution is 2.43. The number of amides is 1. The molecule has 0 unspecified atom stereocenters. The lowest BCUT2D eigenvalue weighted by Gasteiger charge is -2.42. The van der Waals surface area contributed by atoms with Crippen molar-refractivity contribution in [3.8, 4) is 0 Å². The Morgan fingerprint density at radius 2 is 1.95 bits per heavy atom. The van der Waals surface area contributed by atoms with E-state index in [1.54, 1.807) is 0 Å². The highest BCUT2D eigenvalue weighted by Gasteiger charge is 2.39. The van der Waals surface area contributed by atoms with Crippen LogP contribution in [0.4, 0.5) is 0 Å². The summed E-state index contributed by atoms with van der Waals surface area (Å²) in [6, 6.07) is 0. The van der Waals surface area contributed by atoms with E-state index in [1.807, 2.05) is 4.90 Å². The molecule has 0 aromatic heterocycles. The SMILES string of the molecule is NCC1(CC(=O)N2CCC(OCC(=O)O)CC2)CCC1. The molecule has 2 rings (SSSR count). The van der Waals surface area contributed by atoms with Crippen LogP contribution < -0.4 is 5.73 Å². The molecule has 6 nitrogen and oxygen atoms in total. The lowest BCUT2D eigenvalue weighted by molar-refractivity contribution is -0.147. The Morgan fingerprint density at radius 1 is 1.30 bits per heavy atom. The van der Waals surface area contributed by atoms with Gasteiger partial charge in [-0.25, -0.2) is 4.79 Å². The van der Waals surface area contributed by atoms with E-state index >= 15 is 0 Å². The van der Waals surface area contributed by atoms with Gasteiger partial charge in [-0.2, -0.15) is 0 Å². The van der Waals surface area contributed by atoms with Gasteiger partial charge in [0, 0.05) is 19.5 Å². The summed E-state index contributed by atoms with van der Waals surface area (Å²) in [5.74, 6) is -0.759. The van der Waals surface area contributed by atoms with Crippen LogP contribution in [-0.2, 0) is 14.3 Å². The average Bonchev–Trinajstić information content (AvgIpc) is 2.41. The third kappa shape index (κ3) is 3.70. The number of carboxylic acid groups (broad SMARTS) is 1. The standard InChI is InChI=1S/C14H24N2O4/c15-10-14(4-1-5-14)8-12(17)16-6-2-11(3-7-16)20-9-13(18)19/h11H,1-10,15H2,(H,18,19). The summed E-state index contributed by atoms with van der Waals surface area (Å²) >= 11 is 0. The van der Waals surface area contributed by atoms with Crippen molar-refractivity contribution < 1.29 is 19.4 Å². The van der Waals surface area contributed by atoms with Gasteiger partial charge in [0.05, 0.1) is 6.10 Å². The molecule has 1 saturated carbocycles. The summed E-state index contributed by atoms with van der Waals surface area (Å²) in [6.07, 6.45) is 5.26. The van der Waals surface area contributed by atoms with Crippen LogP contribution >= 0.6 is 0 Å². The molecule has 1 saturated heterocycles. The number of nitrogens with two attached hydrogens (primary N) is 1. The van der Waals surface area contributed by atoms with Crippen LogP contribution in [0.15, 0.2) is 0 Å². The fraction of sp³-hybridized carbons (Fsp3) is 0.857. The summed E-state index contributed by atoms with van der Waals surface area (Å²) in [5, 5.41) is 8.57. The molecular weight excluding hydrogens is 260 g/mol. The van der Waals surface area contributed by atoms with Crippen molar-refractivity contribution in [3.05, 3.63) is 0 Å². The molecule has 2 aliphatic rings. The predicted octanol–water partition coefficient (Wildman–Crippen LogP) is 0.598. The van der Waals surface area contributed by atoms with Gasteiger partial charge < -0.3 is 20.5 Å². The number of carboxylic acids is 1. The second-order valence-electron chi connectivity index (χ2n) is 6.02. The highest BCUT2D eigenvalue weighted by molar-refractivity contribution is 5.77. The third-order valence-corrected chi connectivity index (χ3v) is 4.61. The van der Waals surface area contributed by atoms with Crippen LogP contribution in [0.3, 0.4) is 0 Å². The Bertz CT molecular complexity index is 355. The normalized spacial score (nSPS) is 22.4. The first-order valence-corrected chi connectivity index (χ1v) is 7.36. The number of nitrogens with zero attached hydrogens (tertiary/aromatic N) is 1. The van der Waals surface area contributed by atoms with Crippen LogP contribution in [0.1, 0.15) is 38.5 Å². The van der Waals surface area contributed by atoms with Crippen LogP contribution in [-0.4, -0.2) is 54.2 Å². The van der Waals surface area contributed by atoms with Gasteiger partial charge in [0.1, 0.15) is 6.61 Å². The van der Waals surface area contributed by atoms with Crippen LogP contribution in [0.2, 0.25) is 0 Å². The summed E-state index contributed by atoms with van der Waals surface area (Å²) in [6.45, 7) is 1.65. The largest absolute Gasteiger partial charge is 0.480 e. The molecule has 3 N–H and O–H groups in total. The van der Waals surface area contributed by atoms with E-state index in [1.165, 1.54) is 6.42 Å². The molecule has 0 atom stereocenters. The number of carbonyl (C=O) groups excluding carboxylic acids is 1. The summed E-state index contributed by atoms with van der Waals surface area (Å²) in [4.78, 5) is 24.6. The quantitative estimate of drug-likeness (QED) is 0.745. The number of ether oxygens (including phenoxy) is 1. The first-order valence-electron chi connectivity index (χ1n) is 7.36.